The average molecular weight is 369 g/mol. The second-order valence-corrected chi connectivity index (χ2v) is 7.98. The van der Waals surface area contributed by atoms with Crippen molar-refractivity contribution in [3.05, 3.63) is 46.3 Å². The van der Waals surface area contributed by atoms with Gasteiger partial charge in [-0.1, -0.05) is 17.3 Å². The molecule has 1 amide bonds. The third-order valence-corrected chi connectivity index (χ3v) is 6.33. The van der Waals surface area contributed by atoms with E-state index in [0.29, 0.717) is 12.8 Å². The number of rotatable bonds is 4. The van der Waals surface area contributed by atoms with Crippen molar-refractivity contribution in [2.45, 2.75) is 52.0 Å². The van der Waals surface area contributed by atoms with Crippen molar-refractivity contribution in [2.75, 3.05) is 6.54 Å². The highest BCUT2D eigenvalue weighted by Crippen LogP contribution is 2.36. The molecule has 0 bridgehead atoms. The van der Waals surface area contributed by atoms with E-state index < -0.39 is 0 Å². The molecule has 0 spiro atoms. The lowest BCUT2D eigenvalue weighted by molar-refractivity contribution is -0.135. The number of amides is 1. The molecular formula is C20H23N3O2S. The first-order valence-corrected chi connectivity index (χ1v) is 10.0. The molecule has 26 heavy (non-hydrogen) atoms. The van der Waals surface area contributed by atoms with E-state index in [2.05, 4.69) is 11.2 Å². The number of aryl methyl sites for hydroxylation is 2. The monoisotopic (exact) mass is 369 g/mol. The number of piperidine rings is 1. The van der Waals surface area contributed by atoms with Gasteiger partial charge in [-0.05, 0) is 51.7 Å². The van der Waals surface area contributed by atoms with Gasteiger partial charge in [0.2, 0.25) is 5.91 Å². The summed E-state index contributed by atoms with van der Waals surface area (Å²) in [5.74, 6) is 1.02. The van der Waals surface area contributed by atoms with E-state index in [1.807, 2.05) is 36.9 Å². The van der Waals surface area contributed by atoms with Gasteiger partial charge < -0.3 is 9.42 Å². The minimum atomic E-state index is 0.110. The van der Waals surface area contributed by atoms with Crippen molar-refractivity contribution in [1.82, 2.24) is 15.0 Å². The highest BCUT2D eigenvalue weighted by molar-refractivity contribution is 7.18. The van der Waals surface area contributed by atoms with E-state index in [9.17, 15) is 4.79 Å². The smallest absolute Gasteiger partial charge is 0.223 e. The number of carbonyl (C=O) groups excluding carboxylic acids is 1. The van der Waals surface area contributed by atoms with Gasteiger partial charge in [0.15, 0.2) is 0 Å². The lowest BCUT2D eigenvalue weighted by atomic mass is 10.0. The summed E-state index contributed by atoms with van der Waals surface area (Å²) in [5, 5.41) is 5.05. The van der Waals surface area contributed by atoms with Gasteiger partial charge in [-0.2, -0.15) is 0 Å². The first-order valence-electron chi connectivity index (χ1n) is 9.20. The molecule has 1 saturated heterocycles. The highest BCUT2D eigenvalue weighted by Gasteiger charge is 2.30. The van der Waals surface area contributed by atoms with Crippen LogP contribution in [0.4, 0.5) is 0 Å². The molecule has 4 rings (SSSR count). The van der Waals surface area contributed by atoms with Crippen LogP contribution >= 0.6 is 11.3 Å². The molecule has 0 radical (unpaired) electrons. The van der Waals surface area contributed by atoms with Gasteiger partial charge >= 0.3 is 0 Å². The zero-order valence-electron chi connectivity index (χ0n) is 15.2. The molecular weight excluding hydrogens is 346 g/mol. The molecule has 0 saturated carbocycles. The molecule has 136 valence electrons. The van der Waals surface area contributed by atoms with Crippen LogP contribution in [-0.4, -0.2) is 27.5 Å². The molecule has 1 aromatic carbocycles. The summed E-state index contributed by atoms with van der Waals surface area (Å²) in [5.41, 5.74) is 2.98. The number of nitrogens with zero attached hydrogens (tertiary/aromatic N) is 3. The molecule has 3 heterocycles. The minimum absolute atomic E-state index is 0.110. The summed E-state index contributed by atoms with van der Waals surface area (Å²) < 4.78 is 6.40. The Morgan fingerprint density at radius 2 is 2.15 bits per heavy atom. The summed E-state index contributed by atoms with van der Waals surface area (Å²) in [6.07, 6.45) is 4.39. The van der Waals surface area contributed by atoms with Crippen LogP contribution in [0.2, 0.25) is 0 Å². The normalized spacial score (nSPS) is 17.8. The Labute approximate surface area is 157 Å². The Morgan fingerprint density at radius 3 is 2.92 bits per heavy atom. The Bertz CT molecular complexity index is 878. The molecule has 6 heteroatoms. The van der Waals surface area contributed by atoms with Gasteiger partial charge in [0.25, 0.3) is 0 Å². The van der Waals surface area contributed by atoms with Gasteiger partial charge in [-0.25, -0.2) is 4.98 Å². The molecule has 1 aliphatic rings. The molecule has 3 aromatic rings. The summed E-state index contributed by atoms with van der Waals surface area (Å²) in [6, 6.07) is 8.31. The molecule has 1 aliphatic heterocycles. The van der Waals surface area contributed by atoms with Crippen molar-refractivity contribution in [3.63, 3.8) is 0 Å². The van der Waals surface area contributed by atoms with Crippen LogP contribution in [0, 0.1) is 13.8 Å². The third kappa shape index (κ3) is 3.26. The number of aromatic nitrogens is 2. The second kappa shape index (κ2) is 7.19. The third-order valence-electron chi connectivity index (χ3n) is 5.19. The Morgan fingerprint density at radius 1 is 1.31 bits per heavy atom. The summed E-state index contributed by atoms with van der Waals surface area (Å²) in [6.45, 7) is 4.66. The number of thiazole rings is 1. The van der Waals surface area contributed by atoms with Crippen LogP contribution in [0.5, 0.6) is 0 Å². The van der Waals surface area contributed by atoms with E-state index >= 15 is 0 Å². The Kier molecular flexibility index (Phi) is 4.76. The van der Waals surface area contributed by atoms with Gasteiger partial charge in [-0.3, -0.25) is 4.79 Å². The fourth-order valence-corrected chi connectivity index (χ4v) is 4.87. The summed E-state index contributed by atoms with van der Waals surface area (Å²) >= 11 is 1.72. The SMILES string of the molecule is Cc1noc(C)c1CCC(=O)N1CCCC[C@@H]1c1nc2ccccc2s1. The predicted octanol–water partition coefficient (Wildman–Crippen LogP) is 4.59. The van der Waals surface area contributed by atoms with Gasteiger partial charge in [0, 0.05) is 18.5 Å². The summed E-state index contributed by atoms with van der Waals surface area (Å²) in [4.78, 5) is 19.8. The van der Waals surface area contributed by atoms with Crippen molar-refractivity contribution < 1.29 is 9.32 Å². The van der Waals surface area contributed by atoms with E-state index in [-0.39, 0.29) is 11.9 Å². The maximum Gasteiger partial charge on any atom is 0.223 e. The molecule has 2 aromatic heterocycles. The van der Waals surface area contributed by atoms with Crippen molar-refractivity contribution in [3.8, 4) is 0 Å². The van der Waals surface area contributed by atoms with Crippen LogP contribution in [0.1, 0.15) is 53.8 Å². The van der Waals surface area contributed by atoms with E-state index in [1.165, 1.54) is 4.70 Å². The number of carbonyl (C=O) groups is 1. The number of hydrogen-bond acceptors (Lipinski definition) is 5. The molecule has 0 unspecified atom stereocenters. The van der Waals surface area contributed by atoms with Gasteiger partial charge in [-0.15, -0.1) is 11.3 Å². The van der Waals surface area contributed by atoms with Crippen LogP contribution in [0.25, 0.3) is 10.2 Å². The van der Waals surface area contributed by atoms with Crippen LogP contribution in [0.15, 0.2) is 28.8 Å². The van der Waals surface area contributed by atoms with E-state index in [4.69, 9.17) is 9.51 Å². The predicted molar refractivity (Wildman–Crippen MR) is 102 cm³/mol. The van der Waals surface area contributed by atoms with E-state index in [1.54, 1.807) is 11.3 Å². The molecule has 0 N–H and O–H groups in total. The summed E-state index contributed by atoms with van der Waals surface area (Å²) in [7, 11) is 0. The lowest BCUT2D eigenvalue weighted by Crippen LogP contribution is -2.38. The maximum absolute atomic E-state index is 13.0. The first-order chi connectivity index (χ1) is 12.6. The minimum Gasteiger partial charge on any atom is -0.361 e. The van der Waals surface area contributed by atoms with Crippen LogP contribution in [-0.2, 0) is 11.2 Å². The fraction of sp³-hybridized carbons (Fsp3) is 0.450. The number of hydrogen-bond donors (Lipinski definition) is 0. The zero-order valence-corrected chi connectivity index (χ0v) is 16.0. The average Bonchev–Trinajstić information content (AvgIpc) is 3.23. The van der Waals surface area contributed by atoms with Crippen LogP contribution in [0.3, 0.4) is 0 Å². The largest absolute Gasteiger partial charge is 0.361 e. The quantitative estimate of drug-likeness (QED) is 0.675. The van der Waals surface area contributed by atoms with Crippen molar-refractivity contribution in [2.24, 2.45) is 0 Å². The first kappa shape index (κ1) is 17.2. The van der Waals surface area contributed by atoms with Crippen molar-refractivity contribution >= 4 is 27.5 Å². The highest BCUT2D eigenvalue weighted by atomic mass is 32.1. The number of benzene rings is 1. The Hall–Kier alpha value is -2.21. The molecule has 1 atom stereocenters. The number of likely N-dealkylation sites (tertiary alicyclic amines) is 1. The fourth-order valence-electron chi connectivity index (χ4n) is 3.75. The molecule has 0 aliphatic carbocycles. The van der Waals surface area contributed by atoms with Crippen molar-refractivity contribution in [1.29, 1.82) is 0 Å². The second-order valence-electron chi connectivity index (χ2n) is 6.92. The Balaban J connectivity index is 1.52. The topological polar surface area (TPSA) is 59.2 Å². The van der Waals surface area contributed by atoms with Crippen LogP contribution < -0.4 is 0 Å². The molecule has 5 nitrogen and oxygen atoms in total. The van der Waals surface area contributed by atoms with Gasteiger partial charge in [0.05, 0.1) is 22.0 Å². The lowest BCUT2D eigenvalue weighted by Gasteiger charge is -2.34. The standard InChI is InChI=1S/C20H23N3O2S/c1-13-15(14(2)25-22-13)10-11-19(24)23-12-6-5-8-17(23)20-21-16-7-3-4-9-18(16)26-20/h3-4,7,9,17H,5-6,8,10-12H2,1-2H3/t17-/m1/s1. The number of para-hydroxylation sites is 1. The molecule has 1 fully saturated rings. The van der Waals surface area contributed by atoms with Gasteiger partial charge in [0.1, 0.15) is 10.8 Å². The number of fused-ring (bicyclic) bond motifs is 1. The zero-order chi connectivity index (χ0) is 18.1. The maximum atomic E-state index is 13.0. The van der Waals surface area contributed by atoms with E-state index in [0.717, 1.165) is 53.3 Å².